The van der Waals surface area contributed by atoms with Crippen LogP contribution in [0.3, 0.4) is 0 Å². The summed E-state index contributed by atoms with van der Waals surface area (Å²) in [6.07, 6.45) is 2.35. The van der Waals surface area contributed by atoms with E-state index in [1.54, 1.807) is 24.3 Å². The van der Waals surface area contributed by atoms with Gasteiger partial charge in [-0.15, -0.1) is 0 Å². The van der Waals surface area contributed by atoms with Crippen LogP contribution in [0, 0.1) is 18.3 Å². The lowest BCUT2D eigenvalue weighted by atomic mass is 9.55. The van der Waals surface area contributed by atoms with E-state index in [0.717, 1.165) is 37.1 Å². The molecule has 1 N–H and O–H groups in total. The van der Waals surface area contributed by atoms with Gasteiger partial charge in [0.1, 0.15) is 17.8 Å². The highest BCUT2D eigenvalue weighted by Crippen LogP contribution is 2.50. The predicted octanol–water partition coefficient (Wildman–Crippen LogP) is 4.79. The molecular weight excluding hydrogens is 490 g/mol. The van der Waals surface area contributed by atoms with E-state index in [1.807, 2.05) is 49.9 Å². The average Bonchev–Trinajstić information content (AvgIpc) is 2.94. The fourth-order valence-electron chi connectivity index (χ4n) is 5.93. The van der Waals surface area contributed by atoms with E-state index in [2.05, 4.69) is 24.2 Å². The molecule has 2 fully saturated rings. The monoisotopic (exact) mass is 533 g/mol. The highest BCUT2D eigenvalue weighted by Gasteiger charge is 2.64. The largest absolute Gasteiger partial charge is 0.488 e. The number of benzene rings is 2. The van der Waals surface area contributed by atoms with Crippen LogP contribution in [0.25, 0.3) is 0 Å². The van der Waals surface area contributed by atoms with Crippen molar-refractivity contribution in [3.8, 4) is 5.75 Å². The van der Waals surface area contributed by atoms with Crippen LogP contribution in [0.5, 0.6) is 5.75 Å². The Labute approximate surface area is 232 Å². The Morgan fingerprint density at radius 3 is 2.15 bits per heavy atom. The number of rotatable bonds is 10. The van der Waals surface area contributed by atoms with Crippen molar-refractivity contribution in [3.05, 3.63) is 65.2 Å². The summed E-state index contributed by atoms with van der Waals surface area (Å²) in [4.78, 5) is 44.1. The fraction of sp³-hybridized carbons (Fsp3) is 0.531. The van der Waals surface area contributed by atoms with Crippen molar-refractivity contribution in [3.63, 3.8) is 0 Å². The van der Waals surface area contributed by atoms with Gasteiger partial charge >= 0.3 is 0 Å². The lowest BCUT2D eigenvalue weighted by Crippen LogP contribution is -2.68. The van der Waals surface area contributed by atoms with Crippen LogP contribution in [-0.4, -0.2) is 66.7 Å². The third-order valence-electron chi connectivity index (χ3n) is 8.69. The number of amides is 2. The summed E-state index contributed by atoms with van der Waals surface area (Å²) in [6.45, 7) is 11.3. The number of ether oxygens (including phenoxy) is 1. The number of ketones is 1. The van der Waals surface area contributed by atoms with Gasteiger partial charge in [-0.25, -0.2) is 0 Å². The summed E-state index contributed by atoms with van der Waals surface area (Å²) in [5, 5.41) is 3.16. The summed E-state index contributed by atoms with van der Waals surface area (Å²) in [5.41, 5.74) is 2.12. The second-order valence-electron chi connectivity index (χ2n) is 11.1. The Kier molecular flexibility index (Phi) is 9.11. The van der Waals surface area contributed by atoms with Crippen LogP contribution in [-0.2, 0) is 9.59 Å². The molecule has 7 nitrogen and oxygen atoms in total. The zero-order chi connectivity index (χ0) is 28.2. The molecule has 1 aliphatic heterocycles. The van der Waals surface area contributed by atoms with Gasteiger partial charge < -0.3 is 19.9 Å². The van der Waals surface area contributed by atoms with Gasteiger partial charge in [-0.05, 0) is 63.1 Å². The molecule has 0 aromatic heterocycles. The summed E-state index contributed by atoms with van der Waals surface area (Å²) < 4.78 is 6.40. The van der Waals surface area contributed by atoms with Gasteiger partial charge in [0.25, 0.3) is 5.91 Å². The summed E-state index contributed by atoms with van der Waals surface area (Å²) in [7, 11) is 2.06. The highest BCUT2D eigenvalue weighted by molar-refractivity contribution is 6.10. The van der Waals surface area contributed by atoms with Crippen molar-refractivity contribution in [1.82, 2.24) is 15.1 Å². The minimum absolute atomic E-state index is 0.0141. The van der Waals surface area contributed by atoms with Gasteiger partial charge in [0.05, 0.1) is 11.5 Å². The van der Waals surface area contributed by atoms with Gasteiger partial charge in [0, 0.05) is 31.7 Å². The minimum atomic E-state index is -0.860. The average molecular weight is 534 g/mol. The van der Waals surface area contributed by atoms with Gasteiger partial charge in [-0.2, -0.15) is 0 Å². The minimum Gasteiger partial charge on any atom is -0.488 e. The molecule has 1 aliphatic carbocycles. The number of hydrogen-bond donors (Lipinski definition) is 1. The highest BCUT2D eigenvalue weighted by atomic mass is 16.5. The first kappa shape index (κ1) is 28.8. The molecule has 1 heterocycles. The van der Waals surface area contributed by atoms with Crippen LogP contribution in [0.1, 0.15) is 74.0 Å². The lowest BCUT2D eigenvalue weighted by Gasteiger charge is -2.51. The Morgan fingerprint density at radius 1 is 0.974 bits per heavy atom. The SMILES string of the molecule is CCCC(NC(=O)C1C(=O)C(CC)(CC)[C@@H]1Oc1ccc(C(=O)N2CCN(C)CC2)cc1)c1ccc(C)cc1. The van der Waals surface area contributed by atoms with E-state index in [4.69, 9.17) is 4.74 Å². The van der Waals surface area contributed by atoms with Gasteiger partial charge in [0.15, 0.2) is 5.78 Å². The van der Waals surface area contributed by atoms with E-state index in [1.165, 1.54) is 0 Å². The van der Waals surface area contributed by atoms with Crippen molar-refractivity contribution < 1.29 is 19.1 Å². The number of carbonyl (C=O) groups is 3. The number of nitrogens with one attached hydrogen (secondary N) is 1. The van der Waals surface area contributed by atoms with Crippen LogP contribution >= 0.6 is 0 Å². The molecular formula is C32H43N3O4. The molecule has 1 saturated carbocycles. The predicted molar refractivity (Wildman–Crippen MR) is 153 cm³/mol. The zero-order valence-electron chi connectivity index (χ0n) is 24.0. The quantitative estimate of drug-likeness (QED) is 0.444. The zero-order valence-corrected chi connectivity index (χ0v) is 24.0. The Bertz CT molecular complexity index is 1150. The van der Waals surface area contributed by atoms with Crippen molar-refractivity contribution in [2.45, 2.75) is 65.5 Å². The molecule has 2 amide bonds. The van der Waals surface area contributed by atoms with Gasteiger partial charge in [-0.3, -0.25) is 14.4 Å². The maximum atomic E-state index is 13.6. The molecule has 210 valence electrons. The molecule has 3 atom stereocenters. The Morgan fingerprint density at radius 2 is 1.59 bits per heavy atom. The summed E-state index contributed by atoms with van der Waals surface area (Å²) >= 11 is 0. The molecule has 0 radical (unpaired) electrons. The normalized spacial score (nSPS) is 21.7. The van der Waals surface area contributed by atoms with E-state index in [0.29, 0.717) is 37.2 Å². The maximum Gasteiger partial charge on any atom is 0.253 e. The van der Waals surface area contributed by atoms with Crippen LogP contribution < -0.4 is 10.1 Å². The van der Waals surface area contributed by atoms with Gasteiger partial charge in [0.2, 0.25) is 5.91 Å². The molecule has 0 bridgehead atoms. The van der Waals surface area contributed by atoms with E-state index >= 15 is 0 Å². The topological polar surface area (TPSA) is 78.9 Å². The van der Waals surface area contributed by atoms with E-state index in [9.17, 15) is 14.4 Å². The first-order chi connectivity index (χ1) is 18.7. The molecule has 0 spiro atoms. The standard InChI is InChI=1S/C32H43N3O4/c1-6-9-26(23-12-10-22(4)11-13-23)33-30(37)27-28(36)32(7-2,8-3)29(27)39-25-16-14-24(15-17-25)31(38)35-20-18-34(5)19-21-35/h10-17,26-27,29H,6-9,18-21H2,1-5H3,(H,33,37)/t26?,27?,29-/m1/s1. The number of likely N-dealkylation sites (N-methyl/N-ethyl adjacent to an activating group) is 1. The lowest BCUT2D eigenvalue weighted by molar-refractivity contribution is -0.173. The molecule has 4 rings (SSSR count). The second-order valence-corrected chi connectivity index (χ2v) is 11.1. The molecule has 2 unspecified atom stereocenters. The van der Waals surface area contributed by atoms with E-state index < -0.39 is 17.4 Å². The van der Waals surface area contributed by atoms with Gasteiger partial charge in [-0.1, -0.05) is 57.0 Å². The molecule has 39 heavy (non-hydrogen) atoms. The third-order valence-corrected chi connectivity index (χ3v) is 8.69. The van der Waals surface area contributed by atoms with Crippen molar-refractivity contribution in [2.75, 3.05) is 33.2 Å². The number of hydrogen-bond acceptors (Lipinski definition) is 5. The summed E-state index contributed by atoms with van der Waals surface area (Å²) in [5.74, 6) is -0.601. The second kappa shape index (κ2) is 12.3. The Balaban J connectivity index is 1.49. The number of Topliss-reactive ketones (excluding diaryl/α,β-unsaturated/α-hetero) is 1. The molecule has 7 heteroatoms. The maximum absolute atomic E-state index is 13.6. The summed E-state index contributed by atoms with van der Waals surface area (Å²) in [6, 6.07) is 15.1. The van der Waals surface area contributed by atoms with E-state index in [-0.39, 0.29) is 23.6 Å². The number of carbonyl (C=O) groups excluding carboxylic acids is 3. The Hall–Kier alpha value is -3.19. The molecule has 2 aromatic rings. The van der Waals surface area contributed by atoms with Crippen LogP contribution in [0.15, 0.2) is 48.5 Å². The molecule has 2 aliphatic rings. The first-order valence-electron chi connectivity index (χ1n) is 14.4. The van der Waals surface area contributed by atoms with Crippen molar-refractivity contribution in [1.29, 1.82) is 0 Å². The third kappa shape index (κ3) is 5.88. The molecule has 1 saturated heterocycles. The first-order valence-corrected chi connectivity index (χ1v) is 14.4. The smallest absolute Gasteiger partial charge is 0.253 e. The number of aryl methyl sites for hydroxylation is 1. The van der Waals surface area contributed by atoms with Crippen LogP contribution in [0.4, 0.5) is 0 Å². The fourth-order valence-corrected chi connectivity index (χ4v) is 5.93. The number of piperazine rings is 1. The van der Waals surface area contributed by atoms with Crippen molar-refractivity contribution in [2.24, 2.45) is 11.3 Å². The van der Waals surface area contributed by atoms with Crippen LogP contribution in [0.2, 0.25) is 0 Å². The number of nitrogens with zero attached hydrogens (tertiary/aromatic N) is 2. The van der Waals surface area contributed by atoms with Crippen molar-refractivity contribution >= 4 is 17.6 Å². The molecule has 2 aromatic carbocycles.